The number of aryl methyl sites for hydroxylation is 1. The number of benzene rings is 1. The topological polar surface area (TPSA) is 51.0 Å². The van der Waals surface area contributed by atoms with Crippen LogP contribution in [0, 0.1) is 5.82 Å². The van der Waals surface area contributed by atoms with Gasteiger partial charge in [0.05, 0.1) is 12.0 Å². The van der Waals surface area contributed by atoms with E-state index < -0.39 is 0 Å². The largest absolute Gasteiger partial charge is 0.340 e. The van der Waals surface area contributed by atoms with Crippen LogP contribution in [-0.4, -0.2) is 31.4 Å². The molecule has 0 N–H and O–H groups in total. The maximum atomic E-state index is 14.0. The first kappa shape index (κ1) is 17.8. The van der Waals surface area contributed by atoms with Gasteiger partial charge in [-0.1, -0.05) is 12.1 Å². The third-order valence-electron chi connectivity index (χ3n) is 4.14. The van der Waals surface area contributed by atoms with Crippen molar-refractivity contribution < 1.29 is 9.18 Å². The van der Waals surface area contributed by atoms with Crippen LogP contribution in [0.5, 0.6) is 0 Å². The van der Waals surface area contributed by atoms with Crippen molar-refractivity contribution in [1.82, 2.24) is 19.4 Å². The minimum atomic E-state index is -0.317. The van der Waals surface area contributed by atoms with Crippen molar-refractivity contribution >= 4 is 5.91 Å². The number of halogens is 1. The van der Waals surface area contributed by atoms with Gasteiger partial charge in [0.25, 0.3) is 5.91 Å². The molecule has 5 nitrogen and oxygen atoms in total. The number of hydrogen-bond donors (Lipinski definition) is 0. The number of carbonyl (C=O) groups excluding carboxylic acids is 1. The summed E-state index contributed by atoms with van der Waals surface area (Å²) in [7, 11) is 1.83. The Morgan fingerprint density at radius 1 is 1.23 bits per heavy atom. The van der Waals surface area contributed by atoms with Gasteiger partial charge in [-0.2, -0.15) is 0 Å². The van der Waals surface area contributed by atoms with Crippen molar-refractivity contribution in [3.05, 3.63) is 72.2 Å². The zero-order chi connectivity index (χ0) is 18.7. The maximum Gasteiger partial charge on any atom is 0.274 e. The third kappa shape index (κ3) is 3.79. The Labute approximate surface area is 152 Å². The molecule has 0 aliphatic heterocycles. The Bertz CT molecular complexity index is 919. The number of carbonyl (C=O) groups is 1. The molecule has 6 heteroatoms. The summed E-state index contributed by atoms with van der Waals surface area (Å²) in [6.07, 6.45) is 4.95. The van der Waals surface area contributed by atoms with Gasteiger partial charge in [0, 0.05) is 37.6 Å². The summed E-state index contributed by atoms with van der Waals surface area (Å²) in [6.45, 7) is 4.32. The van der Waals surface area contributed by atoms with E-state index in [0.717, 1.165) is 5.56 Å². The highest BCUT2D eigenvalue weighted by Crippen LogP contribution is 2.22. The number of imidazole rings is 1. The SMILES string of the molecule is CC(C)N(Cc1ccnc(-c2ccccc2F)c1)C(=O)c1cn(C)cn1. The summed E-state index contributed by atoms with van der Waals surface area (Å²) in [5.41, 5.74) is 2.29. The van der Waals surface area contributed by atoms with Gasteiger partial charge in [-0.25, -0.2) is 9.37 Å². The van der Waals surface area contributed by atoms with Crippen molar-refractivity contribution in [2.75, 3.05) is 0 Å². The molecule has 0 radical (unpaired) electrons. The average molecular weight is 352 g/mol. The number of aromatic nitrogens is 3. The van der Waals surface area contributed by atoms with Crippen LogP contribution in [0.1, 0.15) is 29.9 Å². The first-order valence-electron chi connectivity index (χ1n) is 8.44. The zero-order valence-electron chi connectivity index (χ0n) is 15.1. The Morgan fingerprint density at radius 2 is 2.00 bits per heavy atom. The van der Waals surface area contributed by atoms with Gasteiger partial charge in [0.2, 0.25) is 0 Å². The van der Waals surface area contributed by atoms with E-state index in [-0.39, 0.29) is 17.8 Å². The monoisotopic (exact) mass is 352 g/mol. The quantitative estimate of drug-likeness (QED) is 0.704. The maximum absolute atomic E-state index is 14.0. The Hall–Kier alpha value is -3.02. The second-order valence-electron chi connectivity index (χ2n) is 6.48. The summed E-state index contributed by atoms with van der Waals surface area (Å²) in [5, 5.41) is 0. The number of hydrogen-bond acceptors (Lipinski definition) is 3. The van der Waals surface area contributed by atoms with Gasteiger partial charge in [0.15, 0.2) is 0 Å². The van der Waals surface area contributed by atoms with Crippen LogP contribution < -0.4 is 0 Å². The second kappa shape index (κ2) is 7.47. The van der Waals surface area contributed by atoms with E-state index >= 15 is 0 Å². The first-order chi connectivity index (χ1) is 12.5. The first-order valence-corrected chi connectivity index (χ1v) is 8.44. The predicted molar refractivity (Wildman–Crippen MR) is 97.8 cm³/mol. The molecule has 0 unspecified atom stereocenters. The third-order valence-corrected chi connectivity index (χ3v) is 4.14. The normalized spacial score (nSPS) is 11.0. The molecule has 0 atom stereocenters. The van der Waals surface area contributed by atoms with Crippen molar-refractivity contribution in [3.63, 3.8) is 0 Å². The lowest BCUT2D eigenvalue weighted by molar-refractivity contribution is 0.0684. The van der Waals surface area contributed by atoms with E-state index in [2.05, 4.69) is 9.97 Å². The van der Waals surface area contributed by atoms with Crippen molar-refractivity contribution in [2.24, 2.45) is 7.05 Å². The number of pyridine rings is 1. The van der Waals surface area contributed by atoms with Gasteiger partial charge in [-0.3, -0.25) is 9.78 Å². The highest BCUT2D eigenvalue weighted by Gasteiger charge is 2.21. The number of rotatable bonds is 5. The molecule has 134 valence electrons. The average Bonchev–Trinajstić information content (AvgIpc) is 3.06. The molecule has 2 aromatic heterocycles. The highest BCUT2D eigenvalue weighted by molar-refractivity contribution is 5.92. The standard InChI is InChI=1S/C20H21FN4O/c1-14(2)25(20(26)19-12-24(3)13-23-19)11-15-8-9-22-18(10-15)16-6-4-5-7-17(16)21/h4-10,12-14H,11H2,1-3H3. The summed E-state index contributed by atoms with van der Waals surface area (Å²) in [5.74, 6) is -0.452. The number of nitrogens with zero attached hydrogens (tertiary/aromatic N) is 4. The summed E-state index contributed by atoms with van der Waals surface area (Å²) in [6, 6.07) is 10.2. The zero-order valence-corrected chi connectivity index (χ0v) is 15.1. The van der Waals surface area contributed by atoms with Gasteiger partial charge in [-0.15, -0.1) is 0 Å². The van der Waals surface area contributed by atoms with Crippen molar-refractivity contribution in [3.8, 4) is 11.3 Å². The molecule has 0 aliphatic rings. The van der Waals surface area contributed by atoms with Crippen LogP contribution in [0.3, 0.4) is 0 Å². The lowest BCUT2D eigenvalue weighted by Crippen LogP contribution is -2.36. The molecule has 0 saturated carbocycles. The van der Waals surface area contributed by atoms with Crippen LogP contribution in [0.15, 0.2) is 55.1 Å². The molecule has 3 aromatic rings. The number of amides is 1. The smallest absolute Gasteiger partial charge is 0.274 e. The molecule has 2 heterocycles. The van der Waals surface area contributed by atoms with E-state index in [4.69, 9.17) is 0 Å². The van der Waals surface area contributed by atoms with E-state index in [1.54, 1.807) is 46.4 Å². The Morgan fingerprint density at radius 3 is 2.65 bits per heavy atom. The van der Waals surface area contributed by atoms with Crippen LogP contribution in [-0.2, 0) is 13.6 Å². The molecule has 1 aromatic carbocycles. The lowest BCUT2D eigenvalue weighted by Gasteiger charge is -2.26. The van der Waals surface area contributed by atoms with Crippen molar-refractivity contribution in [1.29, 1.82) is 0 Å². The summed E-state index contributed by atoms with van der Waals surface area (Å²) >= 11 is 0. The van der Waals surface area contributed by atoms with E-state index in [0.29, 0.717) is 23.5 Å². The Kier molecular flexibility index (Phi) is 5.11. The Balaban J connectivity index is 1.87. The van der Waals surface area contributed by atoms with E-state index in [9.17, 15) is 9.18 Å². The molecule has 3 rings (SSSR count). The molecular formula is C20H21FN4O. The summed E-state index contributed by atoms with van der Waals surface area (Å²) < 4.78 is 15.8. The predicted octanol–water partition coefficient (Wildman–Crippen LogP) is 3.67. The second-order valence-corrected chi connectivity index (χ2v) is 6.48. The molecule has 0 spiro atoms. The lowest BCUT2D eigenvalue weighted by atomic mass is 10.1. The van der Waals surface area contributed by atoms with Gasteiger partial charge < -0.3 is 9.47 Å². The fourth-order valence-corrected chi connectivity index (χ4v) is 2.74. The van der Waals surface area contributed by atoms with E-state index in [1.165, 1.54) is 6.07 Å². The fraction of sp³-hybridized carbons (Fsp3) is 0.250. The fourth-order valence-electron chi connectivity index (χ4n) is 2.74. The van der Waals surface area contributed by atoms with E-state index in [1.807, 2.05) is 33.0 Å². The molecular weight excluding hydrogens is 331 g/mol. The van der Waals surface area contributed by atoms with Crippen LogP contribution in [0.25, 0.3) is 11.3 Å². The molecule has 0 aliphatic carbocycles. The minimum Gasteiger partial charge on any atom is -0.340 e. The van der Waals surface area contributed by atoms with Gasteiger partial charge >= 0.3 is 0 Å². The molecule has 0 bridgehead atoms. The van der Waals surface area contributed by atoms with Gasteiger partial charge in [0.1, 0.15) is 11.5 Å². The molecule has 26 heavy (non-hydrogen) atoms. The highest BCUT2D eigenvalue weighted by atomic mass is 19.1. The molecule has 0 fully saturated rings. The van der Waals surface area contributed by atoms with Crippen LogP contribution in [0.4, 0.5) is 4.39 Å². The van der Waals surface area contributed by atoms with Crippen LogP contribution in [0.2, 0.25) is 0 Å². The van der Waals surface area contributed by atoms with Crippen LogP contribution >= 0.6 is 0 Å². The molecule has 1 amide bonds. The summed E-state index contributed by atoms with van der Waals surface area (Å²) in [4.78, 5) is 22.9. The molecule has 0 saturated heterocycles. The minimum absolute atomic E-state index is 0.00502. The van der Waals surface area contributed by atoms with Crippen molar-refractivity contribution in [2.45, 2.75) is 26.4 Å². The van der Waals surface area contributed by atoms with Gasteiger partial charge in [-0.05, 0) is 43.7 Å².